The van der Waals surface area contributed by atoms with Crippen LogP contribution in [-0.2, 0) is 0 Å². The van der Waals surface area contributed by atoms with Crippen molar-refractivity contribution in [2.24, 2.45) is 5.92 Å². The van der Waals surface area contributed by atoms with Crippen LogP contribution in [0.15, 0.2) is 24.3 Å². The van der Waals surface area contributed by atoms with Crippen molar-refractivity contribution < 1.29 is 9.50 Å². The van der Waals surface area contributed by atoms with Crippen LogP contribution in [0.2, 0.25) is 0 Å². The Morgan fingerprint density at radius 2 is 2.20 bits per heavy atom. The molecule has 15 heavy (non-hydrogen) atoms. The van der Waals surface area contributed by atoms with Gasteiger partial charge in [0, 0.05) is 19.7 Å². The molecule has 1 fully saturated rings. The number of rotatable bonds is 2. The smallest absolute Gasteiger partial charge is 0.146 e. The molecule has 1 N–H and O–H groups in total. The molecule has 0 aliphatic carbocycles. The molecular formula is C12H16FNO. The van der Waals surface area contributed by atoms with Gasteiger partial charge in [-0.25, -0.2) is 4.39 Å². The van der Waals surface area contributed by atoms with E-state index in [1.165, 1.54) is 6.07 Å². The lowest BCUT2D eigenvalue weighted by atomic mass is 9.98. The first-order valence-corrected chi connectivity index (χ1v) is 5.41. The van der Waals surface area contributed by atoms with Crippen LogP contribution in [0.25, 0.3) is 0 Å². The van der Waals surface area contributed by atoms with Crippen LogP contribution < -0.4 is 4.90 Å². The predicted octanol–water partition coefficient (Wildman–Crippen LogP) is 2.03. The van der Waals surface area contributed by atoms with Crippen molar-refractivity contribution in [3.05, 3.63) is 30.1 Å². The van der Waals surface area contributed by atoms with Gasteiger partial charge < -0.3 is 10.0 Å². The largest absolute Gasteiger partial charge is 0.396 e. The fourth-order valence-electron chi connectivity index (χ4n) is 2.14. The van der Waals surface area contributed by atoms with E-state index in [9.17, 15) is 4.39 Å². The maximum Gasteiger partial charge on any atom is 0.146 e. The Morgan fingerprint density at radius 3 is 2.93 bits per heavy atom. The fourth-order valence-corrected chi connectivity index (χ4v) is 2.14. The predicted molar refractivity (Wildman–Crippen MR) is 58.4 cm³/mol. The molecule has 1 atom stereocenters. The first-order valence-electron chi connectivity index (χ1n) is 5.41. The number of benzene rings is 1. The molecule has 1 saturated heterocycles. The van der Waals surface area contributed by atoms with Crippen molar-refractivity contribution in [2.75, 3.05) is 24.6 Å². The van der Waals surface area contributed by atoms with Crippen LogP contribution in [0.3, 0.4) is 0 Å². The number of piperidine rings is 1. The van der Waals surface area contributed by atoms with E-state index in [0.717, 1.165) is 25.9 Å². The average Bonchev–Trinajstić information content (AvgIpc) is 2.30. The summed E-state index contributed by atoms with van der Waals surface area (Å²) in [5, 5.41) is 9.10. The first kappa shape index (κ1) is 10.4. The van der Waals surface area contributed by atoms with E-state index in [2.05, 4.69) is 0 Å². The van der Waals surface area contributed by atoms with E-state index < -0.39 is 0 Å². The number of hydrogen-bond acceptors (Lipinski definition) is 2. The molecule has 3 heteroatoms. The average molecular weight is 209 g/mol. The van der Waals surface area contributed by atoms with Crippen molar-refractivity contribution in [1.82, 2.24) is 0 Å². The van der Waals surface area contributed by atoms with E-state index in [0.29, 0.717) is 11.6 Å². The van der Waals surface area contributed by atoms with E-state index in [1.54, 1.807) is 12.1 Å². The van der Waals surface area contributed by atoms with Crippen LogP contribution in [0.1, 0.15) is 12.8 Å². The lowest BCUT2D eigenvalue weighted by molar-refractivity contribution is 0.208. The van der Waals surface area contributed by atoms with Gasteiger partial charge in [-0.2, -0.15) is 0 Å². The normalized spacial score (nSPS) is 21.7. The van der Waals surface area contributed by atoms with Crippen molar-refractivity contribution in [3.8, 4) is 0 Å². The number of aliphatic hydroxyl groups excluding tert-OH is 1. The summed E-state index contributed by atoms with van der Waals surface area (Å²) in [4.78, 5) is 2.03. The number of anilines is 1. The molecule has 1 unspecified atom stereocenters. The van der Waals surface area contributed by atoms with Gasteiger partial charge in [0.15, 0.2) is 0 Å². The zero-order valence-electron chi connectivity index (χ0n) is 8.69. The zero-order valence-corrected chi connectivity index (χ0v) is 8.69. The Labute approximate surface area is 89.3 Å². The second kappa shape index (κ2) is 4.62. The minimum absolute atomic E-state index is 0.170. The van der Waals surface area contributed by atoms with Crippen molar-refractivity contribution >= 4 is 5.69 Å². The van der Waals surface area contributed by atoms with Gasteiger partial charge in [-0.15, -0.1) is 0 Å². The molecule has 0 bridgehead atoms. The highest BCUT2D eigenvalue weighted by Gasteiger charge is 2.20. The Morgan fingerprint density at radius 1 is 1.40 bits per heavy atom. The molecule has 1 aromatic carbocycles. The molecule has 1 heterocycles. The van der Waals surface area contributed by atoms with Gasteiger partial charge in [-0.3, -0.25) is 0 Å². The van der Waals surface area contributed by atoms with Gasteiger partial charge >= 0.3 is 0 Å². The van der Waals surface area contributed by atoms with Crippen molar-refractivity contribution in [1.29, 1.82) is 0 Å². The molecule has 1 aliphatic rings. The molecule has 0 spiro atoms. The molecule has 2 rings (SSSR count). The Bertz CT molecular complexity index is 329. The second-order valence-corrected chi connectivity index (χ2v) is 4.09. The topological polar surface area (TPSA) is 23.5 Å². The molecule has 0 amide bonds. The highest BCUT2D eigenvalue weighted by molar-refractivity contribution is 5.47. The van der Waals surface area contributed by atoms with Gasteiger partial charge in [0.1, 0.15) is 5.82 Å². The molecule has 1 aromatic rings. The SMILES string of the molecule is OCC1CCCN(c2ccccc2F)C1. The molecule has 0 aromatic heterocycles. The maximum absolute atomic E-state index is 13.5. The Kier molecular flexibility index (Phi) is 3.21. The molecular weight excluding hydrogens is 193 g/mol. The minimum Gasteiger partial charge on any atom is -0.396 e. The van der Waals surface area contributed by atoms with E-state index in [-0.39, 0.29) is 12.4 Å². The van der Waals surface area contributed by atoms with Gasteiger partial charge in [0.25, 0.3) is 0 Å². The minimum atomic E-state index is -0.170. The molecule has 0 radical (unpaired) electrons. The lowest BCUT2D eigenvalue weighted by Crippen LogP contribution is -2.37. The third kappa shape index (κ3) is 2.29. The summed E-state index contributed by atoms with van der Waals surface area (Å²) in [6.07, 6.45) is 2.07. The number of hydrogen-bond donors (Lipinski definition) is 1. The second-order valence-electron chi connectivity index (χ2n) is 4.09. The number of nitrogens with zero attached hydrogens (tertiary/aromatic N) is 1. The zero-order chi connectivity index (χ0) is 10.7. The first-order chi connectivity index (χ1) is 7.31. The molecule has 2 nitrogen and oxygen atoms in total. The van der Waals surface area contributed by atoms with Gasteiger partial charge in [0.05, 0.1) is 5.69 Å². The summed E-state index contributed by atoms with van der Waals surface area (Å²) in [7, 11) is 0. The van der Waals surface area contributed by atoms with E-state index >= 15 is 0 Å². The lowest BCUT2D eigenvalue weighted by Gasteiger charge is -2.33. The van der Waals surface area contributed by atoms with Gasteiger partial charge in [-0.1, -0.05) is 12.1 Å². The highest BCUT2D eigenvalue weighted by Crippen LogP contribution is 2.24. The maximum atomic E-state index is 13.5. The Hall–Kier alpha value is -1.09. The number of halogens is 1. The quantitative estimate of drug-likeness (QED) is 0.805. The highest BCUT2D eigenvalue weighted by atomic mass is 19.1. The van der Waals surface area contributed by atoms with Crippen molar-refractivity contribution in [2.45, 2.75) is 12.8 Å². The summed E-state index contributed by atoms with van der Waals surface area (Å²) in [5.41, 5.74) is 0.663. The summed E-state index contributed by atoms with van der Waals surface area (Å²) < 4.78 is 13.5. The van der Waals surface area contributed by atoms with Crippen LogP contribution in [0.5, 0.6) is 0 Å². The standard InChI is InChI=1S/C12H16FNO/c13-11-5-1-2-6-12(11)14-7-3-4-10(8-14)9-15/h1-2,5-6,10,15H,3-4,7-9H2. The monoisotopic (exact) mass is 209 g/mol. The molecule has 0 saturated carbocycles. The van der Waals surface area contributed by atoms with E-state index in [4.69, 9.17) is 5.11 Å². The Balaban J connectivity index is 2.13. The summed E-state index contributed by atoms with van der Waals surface area (Å²) >= 11 is 0. The fraction of sp³-hybridized carbons (Fsp3) is 0.500. The summed E-state index contributed by atoms with van der Waals surface area (Å²) in [5.74, 6) is 0.120. The summed E-state index contributed by atoms with van der Waals surface area (Å²) in [6, 6.07) is 6.83. The molecule has 1 aliphatic heterocycles. The van der Waals surface area contributed by atoms with E-state index in [1.807, 2.05) is 11.0 Å². The van der Waals surface area contributed by atoms with Gasteiger partial charge in [0.2, 0.25) is 0 Å². The van der Waals surface area contributed by atoms with Gasteiger partial charge in [-0.05, 0) is 30.9 Å². The third-order valence-electron chi connectivity index (χ3n) is 2.97. The summed E-state index contributed by atoms with van der Waals surface area (Å²) in [6.45, 7) is 1.85. The number of aliphatic hydroxyl groups is 1. The van der Waals surface area contributed by atoms with Crippen LogP contribution >= 0.6 is 0 Å². The van der Waals surface area contributed by atoms with Crippen LogP contribution in [-0.4, -0.2) is 24.8 Å². The number of para-hydroxylation sites is 1. The van der Waals surface area contributed by atoms with Crippen LogP contribution in [0, 0.1) is 11.7 Å². The third-order valence-corrected chi connectivity index (χ3v) is 2.97. The molecule has 82 valence electrons. The van der Waals surface area contributed by atoms with Crippen LogP contribution in [0.4, 0.5) is 10.1 Å². The van der Waals surface area contributed by atoms with Crippen molar-refractivity contribution in [3.63, 3.8) is 0 Å².